The van der Waals surface area contributed by atoms with E-state index in [4.69, 9.17) is 11.6 Å². The fraction of sp³-hybridized carbons (Fsp3) is 0.357. The van der Waals surface area contributed by atoms with E-state index in [1.54, 1.807) is 0 Å². The van der Waals surface area contributed by atoms with Gasteiger partial charge < -0.3 is 10.6 Å². The number of benzene rings is 1. The number of aromatic nitrogens is 1. The molecule has 1 aliphatic rings. The van der Waals surface area contributed by atoms with Crippen molar-refractivity contribution in [2.75, 3.05) is 18.4 Å². The van der Waals surface area contributed by atoms with E-state index in [0.717, 1.165) is 42.5 Å². The normalized spacial score (nSPS) is 16.9. The Bertz CT molecular complexity index is 550. The molecule has 4 heteroatoms. The smallest absolute Gasteiger partial charge is 0.129 e. The maximum absolute atomic E-state index is 5.92. The van der Waals surface area contributed by atoms with Gasteiger partial charge in [-0.25, -0.2) is 4.98 Å². The van der Waals surface area contributed by atoms with Crippen molar-refractivity contribution in [3.05, 3.63) is 35.5 Å². The molecule has 0 spiro atoms. The van der Waals surface area contributed by atoms with Gasteiger partial charge in [0.05, 0.1) is 5.52 Å². The maximum Gasteiger partial charge on any atom is 0.129 e. The third kappa shape index (κ3) is 2.42. The zero-order valence-electron chi connectivity index (χ0n) is 10.1. The lowest BCUT2D eigenvalue weighted by Crippen LogP contribution is -2.35. The predicted octanol–water partition coefficient (Wildman–Crippen LogP) is 3.05. The Labute approximate surface area is 112 Å². The lowest BCUT2D eigenvalue weighted by atomic mass is 10.1. The Morgan fingerprint density at radius 2 is 2.00 bits per heavy atom. The van der Waals surface area contributed by atoms with Gasteiger partial charge in [0, 0.05) is 17.1 Å². The summed E-state index contributed by atoms with van der Waals surface area (Å²) >= 11 is 5.92. The van der Waals surface area contributed by atoms with Gasteiger partial charge in [-0.05, 0) is 50.2 Å². The molecule has 1 saturated heterocycles. The Hall–Kier alpha value is -1.32. The first-order valence-corrected chi connectivity index (χ1v) is 6.73. The minimum Gasteiger partial charge on any atom is -0.382 e. The van der Waals surface area contributed by atoms with E-state index in [9.17, 15) is 0 Å². The molecule has 1 aromatic carbocycles. The molecule has 2 aromatic rings. The second-order valence-corrected chi connectivity index (χ2v) is 5.06. The van der Waals surface area contributed by atoms with Crippen molar-refractivity contribution < 1.29 is 0 Å². The highest BCUT2D eigenvalue weighted by molar-refractivity contribution is 6.29. The summed E-state index contributed by atoms with van der Waals surface area (Å²) in [6.07, 6.45) is 2.33. The number of hydrogen-bond donors (Lipinski definition) is 2. The largest absolute Gasteiger partial charge is 0.382 e. The molecule has 94 valence electrons. The monoisotopic (exact) mass is 261 g/mol. The van der Waals surface area contributed by atoms with Crippen LogP contribution in [0.3, 0.4) is 0 Å². The lowest BCUT2D eigenvalue weighted by molar-refractivity contribution is 0.479. The molecule has 0 bridgehead atoms. The molecule has 0 saturated carbocycles. The van der Waals surface area contributed by atoms with Gasteiger partial charge >= 0.3 is 0 Å². The van der Waals surface area contributed by atoms with Gasteiger partial charge in [-0.15, -0.1) is 0 Å². The highest BCUT2D eigenvalue weighted by Crippen LogP contribution is 2.25. The number of fused-ring (bicyclic) bond motifs is 1. The Kier molecular flexibility index (Phi) is 3.35. The molecule has 3 rings (SSSR count). The van der Waals surface area contributed by atoms with Crippen molar-refractivity contribution >= 4 is 28.2 Å². The molecule has 1 fully saturated rings. The first-order valence-electron chi connectivity index (χ1n) is 6.35. The van der Waals surface area contributed by atoms with Crippen LogP contribution < -0.4 is 10.6 Å². The van der Waals surface area contributed by atoms with Crippen molar-refractivity contribution in [1.82, 2.24) is 10.3 Å². The van der Waals surface area contributed by atoms with E-state index < -0.39 is 0 Å². The van der Waals surface area contributed by atoms with E-state index >= 15 is 0 Å². The molecule has 2 N–H and O–H groups in total. The molecule has 1 aliphatic heterocycles. The summed E-state index contributed by atoms with van der Waals surface area (Å²) in [5, 5.41) is 8.68. The van der Waals surface area contributed by atoms with Crippen LogP contribution in [0.25, 0.3) is 10.9 Å². The molecular formula is C14H16ClN3. The van der Waals surface area contributed by atoms with Crippen LogP contribution in [0.5, 0.6) is 0 Å². The lowest BCUT2D eigenvalue weighted by Gasteiger charge is -2.25. The standard InChI is InChI=1S/C14H16ClN3/c15-14-5-4-11-12(2-1-3-13(11)18-14)17-10-6-8-16-9-7-10/h1-5,10,16-17H,6-9H2. The van der Waals surface area contributed by atoms with Crippen molar-refractivity contribution in [2.24, 2.45) is 0 Å². The fourth-order valence-corrected chi connectivity index (χ4v) is 2.60. The summed E-state index contributed by atoms with van der Waals surface area (Å²) in [5.74, 6) is 0. The Morgan fingerprint density at radius 3 is 2.83 bits per heavy atom. The summed E-state index contributed by atoms with van der Waals surface area (Å²) in [4.78, 5) is 4.34. The van der Waals surface area contributed by atoms with Crippen molar-refractivity contribution in [3.8, 4) is 0 Å². The van der Waals surface area contributed by atoms with Crippen LogP contribution in [0.1, 0.15) is 12.8 Å². The topological polar surface area (TPSA) is 37.0 Å². The SMILES string of the molecule is Clc1ccc2c(NC3CCNCC3)cccc2n1. The number of nitrogens with one attached hydrogen (secondary N) is 2. The van der Waals surface area contributed by atoms with Gasteiger partial charge in [0.1, 0.15) is 5.15 Å². The van der Waals surface area contributed by atoms with Gasteiger partial charge in [0.25, 0.3) is 0 Å². The van der Waals surface area contributed by atoms with Crippen molar-refractivity contribution in [3.63, 3.8) is 0 Å². The maximum atomic E-state index is 5.92. The molecule has 0 atom stereocenters. The number of rotatable bonds is 2. The van der Waals surface area contributed by atoms with Crippen molar-refractivity contribution in [2.45, 2.75) is 18.9 Å². The van der Waals surface area contributed by atoms with E-state index in [1.807, 2.05) is 24.3 Å². The van der Waals surface area contributed by atoms with Crippen LogP contribution in [-0.2, 0) is 0 Å². The second-order valence-electron chi connectivity index (χ2n) is 4.67. The van der Waals surface area contributed by atoms with Gasteiger partial charge in [-0.2, -0.15) is 0 Å². The van der Waals surface area contributed by atoms with Crippen LogP contribution in [0.2, 0.25) is 5.15 Å². The van der Waals surface area contributed by atoms with E-state index in [0.29, 0.717) is 11.2 Å². The molecule has 0 unspecified atom stereocenters. The molecular weight excluding hydrogens is 246 g/mol. The first kappa shape index (κ1) is 11.8. The molecule has 0 amide bonds. The summed E-state index contributed by atoms with van der Waals surface area (Å²) < 4.78 is 0. The molecule has 1 aromatic heterocycles. The fourth-order valence-electron chi connectivity index (χ4n) is 2.44. The molecule has 18 heavy (non-hydrogen) atoms. The Morgan fingerprint density at radius 1 is 1.17 bits per heavy atom. The summed E-state index contributed by atoms with van der Waals surface area (Å²) in [7, 11) is 0. The number of pyridine rings is 1. The average molecular weight is 262 g/mol. The molecule has 3 nitrogen and oxygen atoms in total. The number of nitrogens with zero attached hydrogens (tertiary/aromatic N) is 1. The summed E-state index contributed by atoms with van der Waals surface area (Å²) in [5.41, 5.74) is 2.10. The number of hydrogen-bond acceptors (Lipinski definition) is 3. The zero-order chi connectivity index (χ0) is 12.4. The van der Waals surface area contributed by atoms with Gasteiger partial charge in [0.2, 0.25) is 0 Å². The average Bonchev–Trinajstić information content (AvgIpc) is 2.40. The van der Waals surface area contributed by atoms with Gasteiger partial charge in [-0.1, -0.05) is 17.7 Å². The summed E-state index contributed by atoms with van der Waals surface area (Å²) in [6.45, 7) is 2.18. The molecule has 0 aliphatic carbocycles. The molecule has 0 radical (unpaired) electrons. The second kappa shape index (κ2) is 5.12. The third-order valence-electron chi connectivity index (χ3n) is 3.40. The minimum atomic E-state index is 0.543. The molecule has 2 heterocycles. The van der Waals surface area contributed by atoms with E-state index in [1.165, 1.54) is 0 Å². The third-order valence-corrected chi connectivity index (χ3v) is 3.61. The van der Waals surface area contributed by atoms with Crippen LogP contribution in [0, 0.1) is 0 Å². The minimum absolute atomic E-state index is 0.543. The van der Waals surface area contributed by atoms with Crippen LogP contribution >= 0.6 is 11.6 Å². The quantitative estimate of drug-likeness (QED) is 0.816. The predicted molar refractivity (Wildman–Crippen MR) is 76.3 cm³/mol. The van der Waals surface area contributed by atoms with Crippen LogP contribution in [0.4, 0.5) is 5.69 Å². The van der Waals surface area contributed by atoms with Gasteiger partial charge in [-0.3, -0.25) is 0 Å². The number of piperidine rings is 1. The zero-order valence-corrected chi connectivity index (χ0v) is 10.9. The highest BCUT2D eigenvalue weighted by atomic mass is 35.5. The number of anilines is 1. The highest BCUT2D eigenvalue weighted by Gasteiger charge is 2.13. The van der Waals surface area contributed by atoms with Gasteiger partial charge in [0.15, 0.2) is 0 Å². The van der Waals surface area contributed by atoms with E-state index in [2.05, 4.69) is 21.7 Å². The first-order chi connectivity index (χ1) is 8.83. The van der Waals surface area contributed by atoms with Crippen molar-refractivity contribution in [1.29, 1.82) is 0 Å². The summed E-state index contributed by atoms with van der Waals surface area (Å²) in [6, 6.07) is 10.6. The van der Waals surface area contributed by atoms with E-state index in [-0.39, 0.29) is 0 Å². The van der Waals surface area contributed by atoms with Crippen LogP contribution in [0.15, 0.2) is 30.3 Å². The van der Waals surface area contributed by atoms with Crippen LogP contribution in [-0.4, -0.2) is 24.1 Å². The Balaban J connectivity index is 1.91. The number of halogens is 1.